The molecule has 4 aliphatic rings. The molecule has 4 fully saturated rings. The summed E-state index contributed by atoms with van der Waals surface area (Å²) in [7, 11) is 0. The van der Waals surface area contributed by atoms with E-state index in [1.165, 1.54) is 6.42 Å². The highest BCUT2D eigenvalue weighted by Crippen LogP contribution is 2.62. The number of aliphatic hydroxyl groups is 1. The van der Waals surface area contributed by atoms with E-state index in [0.29, 0.717) is 23.3 Å². The number of hydrogen-bond acceptors (Lipinski definition) is 2. The van der Waals surface area contributed by atoms with Crippen molar-refractivity contribution in [1.82, 2.24) is 0 Å². The lowest BCUT2D eigenvalue weighted by Gasteiger charge is -2.60. The highest BCUT2D eigenvalue weighted by Gasteiger charge is 2.57. The third kappa shape index (κ3) is 2.78. The molecule has 4 aliphatic carbocycles. The molecule has 1 aromatic rings. The first-order valence-electron chi connectivity index (χ1n) is 8.64. The molecule has 124 valence electrons. The first-order chi connectivity index (χ1) is 10.9. The van der Waals surface area contributed by atoms with Gasteiger partial charge in [-0.15, -0.1) is 0 Å². The van der Waals surface area contributed by atoms with Gasteiger partial charge in [-0.05, 0) is 80.4 Å². The van der Waals surface area contributed by atoms with Gasteiger partial charge in [-0.25, -0.2) is 0 Å². The van der Waals surface area contributed by atoms with Gasteiger partial charge >= 0.3 is 0 Å². The Morgan fingerprint density at radius 1 is 1.30 bits per heavy atom. The molecule has 2 N–H and O–H groups in total. The zero-order valence-corrected chi connectivity index (χ0v) is 14.3. The van der Waals surface area contributed by atoms with Gasteiger partial charge in [-0.3, -0.25) is 4.79 Å². The quantitative estimate of drug-likeness (QED) is 0.866. The van der Waals surface area contributed by atoms with E-state index in [1.807, 2.05) is 25.1 Å². The van der Waals surface area contributed by atoms with Crippen LogP contribution in [0.3, 0.4) is 0 Å². The Kier molecular flexibility index (Phi) is 3.51. The Labute approximate surface area is 142 Å². The summed E-state index contributed by atoms with van der Waals surface area (Å²) in [6.07, 6.45) is 6.67. The molecule has 0 aliphatic heterocycles. The van der Waals surface area contributed by atoms with E-state index in [1.54, 1.807) is 0 Å². The predicted molar refractivity (Wildman–Crippen MR) is 91.5 cm³/mol. The highest BCUT2D eigenvalue weighted by molar-refractivity contribution is 6.31. The monoisotopic (exact) mass is 333 g/mol. The van der Waals surface area contributed by atoms with E-state index in [9.17, 15) is 9.90 Å². The second-order valence-corrected chi connectivity index (χ2v) is 8.73. The third-order valence-electron chi connectivity index (χ3n) is 6.23. The standard InChI is InChI=1S/C19H24ClNO2/c1-12-15(20)3-2-4-16(12)21-17(22)10-18-6-13-5-14(7-18)9-19(23,8-13)11-18/h2-4,13-14,23H,5-11H2,1H3,(H,21,22)/t13-,14+,18?,19?. The normalized spacial score (nSPS) is 37.9. The second kappa shape index (κ2) is 5.22. The molecule has 1 amide bonds. The summed E-state index contributed by atoms with van der Waals surface area (Å²) in [5.41, 5.74) is 1.21. The SMILES string of the molecule is Cc1c(Cl)cccc1NC(=O)CC12C[C@@H]3C[C@@H](CC(O)(C3)C1)C2. The Morgan fingerprint density at radius 3 is 2.65 bits per heavy atom. The van der Waals surface area contributed by atoms with Gasteiger partial charge in [0.25, 0.3) is 0 Å². The summed E-state index contributed by atoms with van der Waals surface area (Å²) in [5, 5.41) is 14.5. The molecule has 0 saturated heterocycles. The van der Waals surface area contributed by atoms with E-state index in [4.69, 9.17) is 11.6 Å². The summed E-state index contributed by atoms with van der Waals surface area (Å²) >= 11 is 6.13. The molecule has 0 aromatic heterocycles. The summed E-state index contributed by atoms with van der Waals surface area (Å²) in [6, 6.07) is 5.59. The first kappa shape index (κ1) is 15.5. The number of carbonyl (C=O) groups is 1. The average Bonchev–Trinajstić information content (AvgIpc) is 2.40. The number of halogens is 1. The van der Waals surface area contributed by atoms with Gasteiger partial charge in [0.05, 0.1) is 5.60 Å². The minimum atomic E-state index is -0.504. The highest BCUT2D eigenvalue weighted by atomic mass is 35.5. The van der Waals surface area contributed by atoms with Crippen LogP contribution in [0, 0.1) is 24.2 Å². The van der Waals surface area contributed by atoms with Gasteiger partial charge in [-0.1, -0.05) is 17.7 Å². The molecule has 5 rings (SSSR count). The van der Waals surface area contributed by atoms with Gasteiger partial charge in [-0.2, -0.15) is 0 Å². The van der Waals surface area contributed by atoms with Crippen LogP contribution >= 0.6 is 11.6 Å². The van der Waals surface area contributed by atoms with Crippen molar-refractivity contribution in [2.75, 3.05) is 5.32 Å². The summed E-state index contributed by atoms with van der Waals surface area (Å²) in [5.74, 6) is 1.28. The molecule has 4 saturated carbocycles. The lowest BCUT2D eigenvalue weighted by atomic mass is 9.47. The number of benzene rings is 1. The largest absolute Gasteiger partial charge is 0.390 e. The minimum absolute atomic E-state index is 0.00932. The van der Waals surface area contributed by atoms with Gasteiger partial charge in [0.2, 0.25) is 5.91 Å². The summed E-state index contributed by atoms with van der Waals surface area (Å²) in [4.78, 5) is 12.6. The lowest BCUT2D eigenvalue weighted by Crippen LogP contribution is -2.56. The van der Waals surface area contributed by atoms with Crippen LogP contribution in [0.25, 0.3) is 0 Å². The maximum Gasteiger partial charge on any atom is 0.224 e. The molecular weight excluding hydrogens is 310 g/mol. The van der Waals surface area contributed by atoms with Crippen molar-refractivity contribution in [2.24, 2.45) is 17.3 Å². The number of nitrogens with one attached hydrogen (secondary N) is 1. The van der Waals surface area contributed by atoms with Crippen molar-refractivity contribution in [3.8, 4) is 0 Å². The van der Waals surface area contributed by atoms with E-state index in [0.717, 1.165) is 43.4 Å². The van der Waals surface area contributed by atoms with Crippen molar-refractivity contribution in [3.05, 3.63) is 28.8 Å². The van der Waals surface area contributed by atoms with Crippen LogP contribution in [0.4, 0.5) is 5.69 Å². The van der Waals surface area contributed by atoms with E-state index < -0.39 is 5.60 Å². The van der Waals surface area contributed by atoms with Crippen LogP contribution in [-0.4, -0.2) is 16.6 Å². The number of rotatable bonds is 3. The molecule has 4 heteroatoms. The van der Waals surface area contributed by atoms with Crippen molar-refractivity contribution in [3.63, 3.8) is 0 Å². The topological polar surface area (TPSA) is 49.3 Å². The van der Waals surface area contributed by atoms with Gasteiger partial charge < -0.3 is 10.4 Å². The zero-order valence-electron chi connectivity index (χ0n) is 13.6. The number of anilines is 1. The molecule has 23 heavy (non-hydrogen) atoms. The molecule has 0 heterocycles. The van der Waals surface area contributed by atoms with Crippen LogP contribution in [0.1, 0.15) is 50.5 Å². The average molecular weight is 334 g/mol. The third-order valence-corrected chi connectivity index (χ3v) is 6.64. The molecule has 2 unspecified atom stereocenters. The van der Waals surface area contributed by atoms with Crippen molar-refractivity contribution in [2.45, 2.75) is 57.5 Å². The maximum absolute atomic E-state index is 12.6. The van der Waals surface area contributed by atoms with Crippen LogP contribution < -0.4 is 5.32 Å². The second-order valence-electron chi connectivity index (χ2n) is 8.32. The Balaban J connectivity index is 1.50. The van der Waals surface area contributed by atoms with Crippen LogP contribution in [0.5, 0.6) is 0 Å². The number of carbonyl (C=O) groups excluding carboxylic acids is 1. The Hall–Kier alpha value is -1.06. The first-order valence-corrected chi connectivity index (χ1v) is 9.02. The zero-order chi connectivity index (χ0) is 16.2. The molecule has 0 spiro atoms. The fourth-order valence-corrected chi connectivity index (χ4v) is 6.06. The molecule has 4 atom stereocenters. The fraction of sp³-hybridized carbons (Fsp3) is 0.632. The lowest BCUT2D eigenvalue weighted by molar-refractivity contribution is -0.167. The van der Waals surface area contributed by atoms with Gasteiger partial charge in [0, 0.05) is 17.1 Å². The summed E-state index contributed by atoms with van der Waals surface area (Å²) < 4.78 is 0. The number of hydrogen-bond donors (Lipinski definition) is 2. The fourth-order valence-electron chi connectivity index (χ4n) is 5.89. The molecule has 1 aromatic carbocycles. The van der Waals surface area contributed by atoms with Gasteiger partial charge in [0.1, 0.15) is 0 Å². The predicted octanol–water partition coefficient (Wildman–Crippen LogP) is 4.31. The summed E-state index contributed by atoms with van der Waals surface area (Å²) in [6.45, 7) is 1.92. The molecular formula is C19H24ClNO2. The van der Waals surface area contributed by atoms with E-state index in [-0.39, 0.29) is 11.3 Å². The van der Waals surface area contributed by atoms with Crippen LogP contribution in [0.15, 0.2) is 18.2 Å². The Morgan fingerprint density at radius 2 is 2.00 bits per heavy atom. The van der Waals surface area contributed by atoms with Crippen LogP contribution in [0.2, 0.25) is 5.02 Å². The van der Waals surface area contributed by atoms with E-state index >= 15 is 0 Å². The minimum Gasteiger partial charge on any atom is -0.390 e. The molecule has 4 bridgehead atoms. The maximum atomic E-state index is 12.6. The van der Waals surface area contributed by atoms with Crippen LogP contribution in [-0.2, 0) is 4.79 Å². The molecule has 3 nitrogen and oxygen atoms in total. The van der Waals surface area contributed by atoms with Crippen molar-refractivity contribution < 1.29 is 9.90 Å². The van der Waals surface area contributed by atoms with Crippen molar-refractivity contribution >= 4 is 23.2 Å². The van der Waals surface area contributed by atoms with Gasteiger partial charge in [0.15, 0.2) is 0 Å². The Bertz CT molecular complexity index is 643. The van der Waals surface area contributed by atoms with E-state index in [2.05, 4.69) is 5.32 Å². The smallest absolute Gasteiger partial charge is 0.224 e. The van der Waals surface area contributed by atoms with Crippen molar-refractivity contribution in [1.29, 1.82) is 0 Å². The number of amides is 1. The molecule has 0 radical (unpaired) electrons.